The quantitative estimate of drug-likeness (QED) is 0.466. The lowest BCUT2D eigenvalue weighted by molar-refractivity contribution is 0.145. The van der Waals surface area contributed by atoms with Crippen LogP contribution in [0.5, 0.6) is 0 Å². The van der Waals surface area contributed by atoms with Crippen LogP contribution in [0.25, 0.3) is 0 Å². The number of nitrogens with zero attached hydrogens (tertiary/aromatic N) is 7. The SMILES string of the molecule is COC[C@]1(C)CN(c2cccc(N=S(C)(C)=O)n2)c2nc(Nc3ccc(N4CCN(C)CC4)c(C)c3)ncc21. The third-order valence-electron chi connectivity index (χ3n) is 7.25. The number of fused-ring (bicyclic) bond motifs is 1. The van der Waals surface area contributed by atoms with Crippen LogP contribution in [0, 0.1) is 6.92 Å². The molecule has 1 N–H and O–H groups in total. The summed E-state index contributed by atoms with van der Waals surface area (Å²) >= 11 is 0. The molecule has 2 aromatic heterocycles. The lowest BCUT2D eigenvalue weighted by atomic mass is 9.87. The average molecular weight is 551 g/mol. The van der Waals surface area contributed by atoms with Crippen molar-refractivity contribution in [3.8, 4) is 0 Å². The fourth-order valence-corrected chi connectivity index (χ4v) is 5.86. The van der Waals surface area contributed by atoms with E-state index in [1.54, 1.807) is 25.7 Å². The van der Waals surface area contributed by atoms with Crippen LogP contribution < -0.4 is 15.1 Å². The first kappa shape index (κ1) is 27.3. The molecule has 2 aliphatic rings. The molecule has 2 aliphatic heterocycles. The lowest BCUT2D eigenvalue weighted by Crippen LogP contribution is -2.44. The molecule has 39 heavy (non-hydrogen) atoms. The number of piperazine rings is 1. The van der Waals surface area contributed by atoms with E-state index in [1.807, 2.05) is 18.3 Å². The highest BCUT2D eigenvalue weighted by atomic mass is 32.2. The van der Waals surface area contributed by atoms with Gasteiger partial charge in [0.25, 0.3) is 0 Å². The number of methoxy groups -OCH3 is 1. The maximum Gasteiger partial charge on any atom is 0.229 e. The van der Waals surface area contributed by atoms with Crippen LogP contribution in [0.15, 0.2) is 47.0 Å². The van der Waals surface area contributed by atoms with E-state index in [4.69, 9.17) is 14.7 Å². The molecule has 0 spiro atoms. The largest absolute Gasteiger partial charge is 0.384 e. The van der Waals surface area contributed by atoms with Crippen molar-refractivity contribution in [2.24, 2.45) is 4.36 Å². The molecule has 4 heterocycles. The Labute approximate surface area is 231 Å². The van der Waals surface area contributed by atoms with E-state index in [-0.39, 0.29) is 5.41 Å². The van der Waals surface area contributed by atoms with Crippen LogP contribution in [0.1, 0.15) is 18.1 Å². The monoisotopic (exact) mass is 550 g/mol. The van der Waals surface area contributed by atoms with Crippen molar-refractivity contribution in [1.82, 2.24) is 19.9 Å². The number of pyridine rings is 1. The first-order chi connectivity index (χ1) is 18.5. The summed E-state index contributed by atoms with van der Waals surface area (Å²) in [7, 11) is 1.54. The molecule has 11 heteroatoms. The van der Waals surface area contributed by atoms with Crippen molar-refractivity contribution in [2.45, 2.75) is 19.3 Å². The molecule has 1 atom stereocenters. The Morgan fingerprint density at radius 2 is 1.90 bits per heavy atom. The first-order valence-electron chi connectivity index (χ1n) is 13.1. The Bertz CT molecular complexity index is 1470. The second kappa shape index (κ2) is 10.7. The Kier molecular flexibility index (Phi) is 7.49. The van der Waals surface area contributed by atoms with Gasteiger partial charge in [0.1, 0.15) is 11.6 Å². The molecule has 1 fully saturated rings. The van der Waals surface area contributed by atoms with Gasteiger partial charge in [-0.3, -0.25) is 0 Å². The molecular formula is C28H38N8O2S. The molecule has 0 unspecified atom stereocenters. The van der Waals surface area contributed by atoms with Crippen molar-refractivity contribution in [1.29, 1.82) is 0 Å². The molecule has 0 radical (unpaired) electrons. The lowest BCUT2D eigenvalue weighted by Gasteiger charge is -2.35. The Morgan fingerprint density at radius 1 is 1.13 bits per heavy atom. The smallest absolute Gasteiger partial charge is 0.229 e. The molecule has 3 aromatic rings. The predicted octanol–water partition coefficient (Wildman–Crippen LogP) is 4.09. The normalized spacial score (nSPS) is 19.7. The zero-order chi connectivity index (χ0) is 27.8. The number of ether oxygens (including phenoxy) is 1. The molecule has 0 aliphatic carbocycles. The number of aryl methyl sites for hydroxylation is 1. The van der Waals surface area contributed by atoms with Crippen molar-refractivity contribution < 1.29 is 8.95 Å². The minimum absolute atomic E-state index is 0.318. The van der Waals surface area contributed by atoms with Gasteiger partial charge in [0.05, 0.1) is 6.61 Å². The second-order valence-corrected chi connectivity index (χ2v) is 13.6. The van der Waals surface area contributed by atoms with E-state index < -0.39 is 9.73 Å². The molecule has 208 valence electrons. The minimum atomic E-state index is -2.33. The maximum atomic E-state index is 12.3. The minimum Gasteiger partial charge on any atom is -0.384 e. The number of likely N-dealkylation sites (N-methyl/N-ethyl adjacent to an activating group) is 1. The summed E-state index contributed by atoms with van der Waals surface area (Å²) < 4.78 is 22.1. The van der Waals surface area contributed by atoms with E-state index in [9.17, 15) is 4.21 Å². The van der Waals surface area contributed by atoms with Gasteiger partial charge in [-0.15, -0.1) is 0 Å². The second-order valence-electron chi connectivity index (χ2n) is 11.1. The number of hydrogen-bond donors (Lipinski definition) is 1. The molecule has 1 saturated heterocycles. The number of hydrogen-bond acceptors (Lipinski definition) is 10. The van der Waals surface area contributed by atoms with Crippen LogP contribution >= 0.6 is 0 Å². The van der Waals surface area contributed by atoms with Gasteiger partial charge in [-0.05, 0) is 49.9 Å². The summed E-state index contributed by atoms with van der Waals surface area (Å²) in [6.07, 6.45) is 5.09. The van der Waals surface area contributed by atoms with E-state index >= 15 is 0 Å². The van der Waals surface area contributed by atoms with Gasteiger partial charge in [0.2, 0.25) is 5.95 Å². The zero-order valence-electron chi connectivity index (χ0n) is 23.6. The molecule has 0 saturated carbocycles. The predicted molar refractivity (Wildman–Crippen MR) is 159 cm³/mol. The van der Waals surface area contributed by atoms with Gasteiger partial charge in [-0.2, -0.15) is 9.35 Å². The van der Waals surface area contributed by atoms with Gasteiger partial charge in [-0.25, -0.2) is 14.2 Å². The number of anilines is 5. The summed E-state index contributed by atoms with van der Waals surface area (Å²) in [6, 6.07) is 12.0. The molecule has 0 bridgehead atoms. The van der Waals surface area contributed by atoms with Crippen molar-refractivity contribution in [2.75, 3.05) is 81.1 Å². The third-order valence-corrected chi connectivity index (χ3v) is 7.88. The molecular weight excluding hydrogens is 512 g/mol. The van der Waals surface area contributed by atoms with Crippen molar-refractivity contribution >= 4 is 44.5 Å². The van der Waals surface area contributed by atoms with E-state index in [0.717, 1.165) is 43.2 Å². The third kappa shape index (κ3) is 6.00. The van der Waals surface area contributed by atoms with Crippen LogP contribution in [-0.4, -0.2) is 90.1 Å². The number of aromatic nitrogens is 3. The summed E-state index contributed by atoms with van der Waals surface area (Å²) in [5, 5.41) is 3.40. The topological polar surface area (TPSA) is 99.1 Å². The van der Waals surface area contributed by atoms with Gasteiger partial charge < -0.3 is 24.8 Å². The van der Waals surface area contributed by atoms with E-state index in [1.165, 1.54) is 11.3 Å². The Morgan fingerprint density at radius 3 is 2.59 bits per heavy atom. The van der Waals surface area contributed by atoms with Gasteiger partial charge in [0.15, 0.2) is 5.82 Å². The van der Waals surface area contributed by atoms with Gasteiger partial charge in [-0.1, -0.05) is 13.0 Å². The highest BCUT2D eigenvalue weighted by Crippen LogP contribution is 2.43. The fourth-order valence-electron chi connectivity index (χ4n) is 5.31. The molecule has 0 amide bonds. The van der Waals surface area contributed by atoms with E-state index in [0.29, 0.717) is 30.7 Å². The molecule has 5 rings (SSSR count). The fraction of sp³-hybridized carbons (Fsp3) is 0.464. The summed E-state index contributed by atoms with van der Waals surface area (Å²) in [5.74, 6) is 2.42. The number of nitrogens with one attached hydrogen (secondary N) is 1. The Hall–Kier alpha value is -3.28. The van der Waals surface area contributed by atoms with Crippen molar-refractivity contribution in [3.05, 3.63) is 53.7 Å². The highest BCUT2D eigenvalue weighted by molar-refractivity contribution is 7.92. The first-order valence-corrected chi connectivity index (χ1v) is 15.5. The summed E-state index contributed by atoms with van der Waals surface area (Å²) in [6.45, 7) is 9.64. The van der Waals surface area contributed by atoms with Gasteiger partial charge in [0, 0.05) is 90.6 Å². The van der Waals surface area contributed by atoms with Crippen LogP contribution in [0.2, 0.25) is 0 Å². The number of rotatable bonds is 7. The van der Waals surface area contributed by atoms with E-state index in [2.05, 4.69) is 68.5 Å². The van der Waals surface area contributed by atoms with Crippen LogP contribution in [0.4, 0.5) is 34.8 Å². The molecule has 1 aromatic carbocycles. The number of benzene rings is 1. The van der Waals surface area contributed by atoms with Gasteiger partial charge >= 0.3 is 0 Å². The maximum absolute atomic E-state index is 12.3. The average Bonchev–Trinajstić information content (AvgIpc) is 3.16. The molecule has 10 nitrogen and oxygen atoms in total. The van der Waals surface area contributed by atoms with Crippen molar-refractivity contribution in [3.63, 3.8) is 0 Å². The highest BCUT2D eigenvalue weighted by Gasteiger charge is 2.42. The summed E-state index contributed by atoms with van der Waals surface area (Å²) in [4.78, 5) is 21.2. The summed E-state index contributed by atoms with van der Waals surface area (Å²) in [5.41, 5.74) is 4.10. The van der Waals surface area contributed by atoms with Crippen LogP contribution in [-0.2, 0) is 19.9 Å². The van der Waals surface area contributed by atoms with Crippen LogP contribution in [0.3, 0.4) is 0 Å². The zero-order valence-corrected chi connectivity index (χ0v) is 24.5. The Balaban J connectivity index is 1.45. The standard InChI is InChI=1S/C28H38N8O2S/c1-20-16-21(10-11-23(20)35-14-12-34(3)13-15-35)30-27-29-17-22-26(32-27)36(18-28(22,2)19-38-4)25-9-7-8-24(31-25)33-39(5,6)37/h7-11,16-17H,12-15,18-19H2,1-6H3,(H,29,30,32)/t28-/m0/s1.